The summed E-state index contributed by atoms with van der Waals surface area (Å²) in [4.78, 5) is 9.21. The Morgan fingerprint density at radius 1 is 0.640 bits per heavy atom. The molecule has 4 aromatic rings. The summed E-state index contributed by atoms with van der Waals surface area (Å²) >= 11 is 0. The summed E-state index contributed by atoms with van der Waals surface area (Å²) in [5.41, 5.74) is 1.96. The van der Waals surface area contributed by atoms with Gasteiger partial charge in [0.05, 0.1) is 10.9 Å². The van der Waals surface area contributed by atoms with Crippen LogP contribution in [0.3, 0.4) is 0 Å². The molecule has 0 spiro atoms. The van der Waals surface area contributed by atoms with Gasteiger partial charge in [0.25, 0.3) is 0 Å². The summed E-state index contributed by atoms with van der Waals surface area (Å²) < 4.78 is 6.00. The fourth-order valence-electron chi connectivity index (χ4n) is 2.55. The summed E-state index contributed by atoms with van der Waals surface area (Å²) in [6.07, 6.45) is 3.90. The molecule has 3 nitrogen and oxygen atoms in total. The van der Waals surface area contributed by atoms with E-state index in [9.17, 15) is 0 Å². The lowest BCUT2D eigenvalue weighted by Crippen LogP contribution is -1.95. The lowest BCUT2D eigenvalue weighted by Gasteiger charge is -2.08. The van der Waals surface area contributed by atoms with Crippen molar-refractivity contribution in [3.05, 3.63) is 96.3 Å². The maximum Gasteiger partial charge on any atom is 0.230 e. The predicted molar refractivity (Wildman–Crippen MR) is 101 cm³/mol. The van der Waals surface area contributed by atoms with E-state index in [-0.39, 0.29) is 0 Å². The van der Waals surface area contributed by atoms with Crippen molar-refractivity contribution in [1.29, 1.82) is 0 Å². The van der Waals surface area contributed by atoms with Gasteiger partial charge in [0.1, 0.15) is 5.75 Å². The number of nitrogens with zero attached hydrogens (tertiary/aromatic N) is 2. The van der Waals surface area contributed by atoms with E-state index in [0.29, 0.717) is 11.7 Å². The van der Waals surface area contributed by atoms with E-state index in [0.717, 1.165) is 22.2 Å². The van der Waals surface area contributed by atoms with Crippen LogP contribution in [-0.2, 0) is 0 Å². The third-order valence-corrected chi connectivity index (χ3v) is 3.77. The predicted octanol–water partition coefficient (Wildman–Crippen LogP) is 5.59. The monoisotopic (exact) mass is 324 g/mol. The Bertz CT molecular complexity index is 1010. The molecule has 4 rings (SSSR count). The van der Waals surface area contributed by atoms with Crippen LogP contribution < -0.4 is 4.74 Å². The van der Waals surface area contributed by atoms with Gasteiger partial charge >= 0.3 is 0 Å². The maximum atomic E-state index is 6.00. The number of rotatable bonds is 4. The number of aromatic nitrogens is 2. The van der Waals surface area contributed by atoms with Gasteiger partial charge in [-0.15, -0.1) is 0 Å². The van der Waals surface area contributed by atoms with Gasteiger partial charge in [-0.25, -0.2) is 4.98 Å². The molecule has 0 atom stereocenters. The minimum atomic E-state index is 0.560. The normalized spacial score (nSPS) is 11.0. The molecule has 0 bridgehead atoms. The fraction of sp³-hybridized carbons (Fsp3) is 0. The molecule has 0 radical (unpaired) electrons. The van der Waals surface area contributed by atoms with Gasteiger partial charge in [-0.05, 0) is 35.9 Å². The summed E-state index contributed by atoms with van der Waals surface area (Å²) in [7, 11) is 0. The van der Waals surface area contributed by atoms with Crippen LogP contribution in [0.5, 0.6) is 11.6 Å². The quantitative estimate of drug-likeness (QED) is 0.490. The topological polar surface area (TPSA) is 35.0 Å². The van der Waals surface area contributed by atoms with Crippen LogP contribution in [0, 0.1) is 0 Å². The minimum absolute atomic E-state index is 0.560. The van der Waals surface area contributed by atoms with Crippen LogP contribution in [0.1, 0.15) is 11.4 Å². The van der Waals surface area contributed by atoms with Gasteiger partial charge in [0.2, 0.25) is 5.88 Å². The average Bonchev–Trinajstić information content (AvgIpc) is 2.68. The summed E-state index contributed by atoms with van der Waals surface area (Å²) in [6.45, 7) is 0. The van der Waals surface area contributed by atoms with Gasteiger partial charge in [-0.1, -0.05) is 66.7 Å². The Morgan fingerprint density at radius 3 is 2.12 bits per heavy atom. The lowest BCUT2D eigenvalue weighted by molar-refractivity contribution is 0.468. The first-order valence-electron chi connectivity index (χ1n) is 8.11. The zero-order chi connectivity index (χ0) is 16.9. The third kappa shape index (κ3) is 3.56. The fourth-order valence-corrected chi connectivity index (χ4v) is 2.55. The minimum Gasteiger partial charge on any atom is -0.438 e. The zero-order valence-corrected chi connectivity index (χ0v) is 13.5. The van der Waals surface area contributed by atoms with Crippen molar-refractivity contribution in [3.8, 4) is 11.6 Å². The third-order valence-electron chi connectivity index (χ3n) is 3.77. The molecule has 0 amide bonds. The van der Waals surface area contributed by atoms with Crippen LogP contribution in [0.15, 0.2) is 84.9 Å². The van der Waals surface area contributed by atoms with Crippen molar-refractivity contribution in [2.45, 2.75) is 0 Å². The van der Waals surface area contributed by atoms with E-state index < -0.39 is 0 Å². The Labute approximate surface area is 146 Å². The molecule has 3 aromatic carbocycles. The number of ether oxygens (including phenoxy) is 1. The van der Waals surface area contributed by atoms with Crippen molar-refractivity contribution in [2.24, 2.45) is 0 Å². The maximum absolute atomic E-state index is 6.00. The number of hydrogen-bond donors (Lipinski definition) is 0. The van der Waals surface area contributed by atoms with Gasteiger partial charge in [0.15, 0.2) is 5.82 Å². The number of hydrogen-bond acceptors (Lipinski definition) is 3. The van der Waals surface area contributed by atoms with Crippen molar-refractivity contribution in [2.75, 3.05) is 0 Å². The molecule has 1 aromatic heterocycles. The number of benzene rings is 3. The average molecular weight is 324 g/mol. The van der Waals surface area contributed by atoms with Gasteiger partial charge in [0, 0.05) is 0 Å². The smallest absolute Gasteiger partial charge is 0.230 e. The Balaban J connectivity index is 1.74. The van der Waals surface area contributed by atoms with Crippen LogP contribution >= 0.6 is 0 Å². The highest BCUT2D eigenvalue weighted by atomic mass is 16.5. The van der Waals surface area contributed by atoms with Crippen LogP contribution in [0.25, 0.3) is 23.1 Å². The van der Waals surface area contributed by atoms with Crippen molar-refractivity contribution >= 4 is 23.1 Å². The van der Waals surface area contributed by atoms with Gasteiger partial charge < -0.3 is 4.74 Å². The van der Waals surface area contributed by atoms with Crippen molar-refractivity contribution in [1.82, 2.24) is 9.97 Å². The largest absolute Gasteiger partial charge is 0.438 e. The highest BCUT2D eigenvalue weighted by molar-refractivity contribution is 5.85. The van der Waals surface area contributed by atoms with E-state index in [1.807, 2.05) is 97.1 Å². The van der Waals surface area contributed by atoms with Gasteiger partial charge in [-0.2, -0.15) is 4.98 Å². The second kappa shape index (κ2) is 6.97. The molecule has 0 N–H and O–H groups in total. The molecule has 0 unspecified atom stereocenters. The molecular weight excluding hydrogens is 308 g/mol. The standard InChI is InChI=1S/C22H16N2O/c1-3-9-17(10-4-1)15-16-21-23-20-14-8-7-13-19(20)22(24-21)25-18-11-5-2-6-12-18/h1-16H. The van der Waals surface area contributed by atoms with E-state index in [4.69, 9.17) is 4.74 Å². The molecule has 25 heavy (non-hydrogen) atoms. The molecule has 0 aliphatic heterocycles. The number of para-hydroxylation sites is 2. The molecule has 120 valence electrons. The molecule has 1 heterocycles. The van der Waals surface area contributed by atoms with Crippen molar-refractivity contribution in [3.63, 3.8) is 0 Å². The van der Waals surface area contributed by atoms with E-state index >= 15 is 0 Å². The highest BCUT2D eigenvalue weighted by Crippen LogP contribution is 2.27. The lowest BCUT2D eigenvalue weighted by atomic mass is 10.2. The molecular formula is C22H16N2O. The summed E-state index contributed by atoms with van der Waals surface area (Å²) in [5.74, 6) is 1.93. The molecule has 0 aliphatic carbocycles. The molecule has 0 fully saturated rings. The first kappa shape index (κ1) is 15.1. The Morgan fingerprint density at radius 2 is 1.32 bits per heavy atom. The van der Waals surface area contributed by atoms with E-state index in [2.05, 4.69) is 9.97 Å². The molecule has 0 saturated heterocycles. The summed E-state index contributed by atoms with van der Waals surface area (Å²) in [5, 5.41) is 0.892. The van der Waals surface area contributed by atoms with E-state index in [1.165, 1.54) is 0 Å². The first-order chi connectivity index (χ1) is 12.4. The van der Waals surface area contributed by atoms with Crippen LogP contribution in [0.4, 0.5) is 0 Å². The highest BCUT2D eigenvalue weighted by Gasteiger charge is 2.08. The van der Waals surface area contributed by atoms with E-state index in [1.54, 1.807) is 0 Å². The number of fused-ring (bicyclic) bond motifs is 1. The molecule has 0 aliphatic rings. The van der Waals surface area contributed by atoms with Crippen LogP contribution in [-0.4, -0.2) is 9.97 Å². The second-order valence-corrected chi connectivity index (χ2v) is 5.56. The second-order valence-electron chi connectivity index (χ2n) is 5.56. The SMILES string of the molecule is C(=Cc1nc(Oc2ccccc2)c2ccccc2n1)c1ccccc1. The van der Waals surface area contributed by atoms with Crippen molar-refractivity contribution < 1.29 is 4.74 Å². The zero-order valence-electron chi connectivity index (χ0n) is 13.5. The first-order valence-corrected chi connectivity index (χ1v) is 8.11. The van der Waals surface area contributed by atoms with Gasteiger partial charge in [-0.3, -0.25) is 0 Å². The Hall–Kier alpha value is -3.46. The molecule has 0 saturated carbocycles. The Kier molecular flexibility index (Phi) is 4.21. The molecule has 3 heteroatoms. The van der Waals surface area contributed by atoms with Crippen LogP contribution in [0.2, 0.25) is 0 Å². The summed E-state index contributed by atoms with van der Waals surface area (Å²) in [6, 6.07) is 27.6.